The van der Waals surface area contributed by atoms with Crippen LogP contribution in [0.25, 0.3) is 0 Å². The van der Waals surface area contributed by atoms with Gasteiger partial charge in [-0.1, -0.05) is 18.2 Å². The normalized spacial score (nSPS) is 24.7. The predicted octanol–water partition coefficient (Wildman–Crippen LogP) is 2.67. The van der Waals surface area contributed by atoms with Gasteiger partial charge in [-0.2, -0.15) is 0 Å². The number of benzene rings is 1. The van der Waals surface area contributed by atoms with Crippen molar-refractivity contribution in [2.45, 2.75) is 32.1 Å². The fourth-order valence-electron chi connectivity index (χ4n) is 3.74. The third kappa shape index (κ3) is 2.84. The predicted molar refractivity (Wildman–Crippen MR) is 83.3 cm³/mol. The second-order valence-corrected chi connectivity index (χ2v) is 7.26. The van der Waals surface area contributed by atoms with Crippen LogP contribution < -0.4 is 0 Å². The number of carboxylic acids is 1. The standard InChI is InChI=1S/C18H22FNO3/c1-18(2,14-5-3-4-6-15(14)19)17(23)20-9-12(11-7-8-11)13(10-20)16(21)22/h3-6,11-13H,7-10H2,1-2H3,(H,21,22)/t12-,13+/m1/s1. The van der Waals surface area contributed by atoms with E-state index in [1.807, 2.05) is 0 Å². The summed E-state index contributed by atoms with van der Waals surface area (Å²) in [6.45, 7) is 4.10. The van der Waals surface area contributed by atoms with Crippen molar-refractivity contribution in [3.05, 3.63) is 35.6 Å². The van der Waals surface area contributed by atoms with E-state index < -0.39 is 23.1 Å². The molecule has 124 valence electrons. The zero-order valence-electron chi connectivity index (χ0n) is 13.5. The van der Waals surface area contributed by atoms with Gasteiger partial charge >= 0.3 is 5.97 Å². The van der Waals surface area contributed by atoms with Crippen LogP contribution in [-0.4, -0.2) is 35.0 Å². The molecule has 1 saturated heterocycles. The molecule has 1 N–H and O–H groups in total. The van der Waals surface area contributed by atoms with Crippen molar-refractivity contribution in [3.8, 4) is 0 Å². The number of carbonyl (C=O) groups is 2. The van der Waals surface area contributed by atoms with Crippen molar-refractivity contribution >= 4 is 11.9 Å². The van der Waals surface area contributed by atoms with E-state index >= 15 is 0 Å². The Morgan fingerprint density at radius 2 is 1.87 bits per heavy atom. The Morgan fingerprint density at radius 3 is 2.43 bits per heavy atom. The van der Waals surface area contributed by atoms with E-state index in [-0.39, 0.29) is 18.4 Å². The van der Waals surface area contributed by atoms with Crippen LogP contribution in [0.3, 0.4) is 0 Å². The number of carbonyl (C=O) groups excluding carboxylic acids is 1. The quantitative estimate of drug-likeness (QED) is 0.928. The van der Waals surface area contributed by atoms with Crippen LogP contribution in [0.2, 0.25) is 0 Å². The van der Waals surface area contributed by atoms with E-state index in [2.05, 4.69) is 0 Å². The topological polar surface area (TPSA) is 57.6 Å². The summed E-state index contributed by atoms with van der Waals surface area (Å²) in [6.07, 6.45) is 2.10. The highest BCUT2D eigenvalue weighted by Gasteiger charge is 2.49. The fraction of sp³-hybridized carbons (Fsp3) is 0.556. The molecule has 1 amide bonds. The van der Waals surface area contributed by atoms with Crippen molar-refractivity contribution in [3.63, 3.8) is 0 Å². The van der Waals surface area contributed by atoms with Gasteiger partial charge in [0.2, 0.25) is 5.91 Å². The highest BCUT2D eigenvalue weighted by atomic mass is 19.1. The first-order valence-corrected chi connectivity index (χ1v) is 8.09. The van der Waals surface area contributed by atoms with Crippen molar-refractivity contribution in [2.24, 2.45) is 17.8 Å². The first-order chi connectivity index (χ1) is 10.8. The minimum absolute atomic E-state index is 0.0351. The summed E-state index contributed by atoms with van der Waals surface area (Å²) >= 11 is 0. The van der Waals surface area contributed by atoms with Gasteiger partial charge in [0.15, 0.2) is 0 Å². The Labute approximate surface area is 135 Å². The largest absolute Gasteiger partial charge is 0.481 e. The Balaban J connectivity index is 1.82. The molecule has 1 aromatic carbocycles. The van der Waals surface area contributed by atoms with E-state index in [1.165, 1.54) is 6.07 Å². The molecule has 0 spiro atoms. The molecule has 5 heteroatoms. The molecule has 1 aromatic rings. The third-order valence-corrected chi connectivity index (χ3v) is 5.28. The molecule has 3 rings (SSSR count). The monoisotopic (exact) mass is 319 g/mol. The minimum Gasteiger partial charge on any atom is -0.481 e. The lowest BCUT2D eigenvalue weighted by Gasteiger charge is -2.30. The van der Waals surface area contributed by atoms with Crippen molar-refractivity contribution < 1.29 is 19.1 Å². The van der Waals surface area contributed by atoms with E-state index in [0.717, 1.165) is 12.8 Å². The van der Waals surface area contributed by atoms with E-state index in [0.29, 0.717) is 18.0 Å². The van der Waals surface area contributed by atoms with E-state index in [9.17, 15) is 19.1 Å². The lowest BCUT2D eigenvalue weighted by atomic mass is 9.83. The number of likely N-dealkylation sites (tertiary alicyclic amines) is 1. The number of amides is 1. The number of aliphatic carboxylic acids is 1. The van der Waals surface area contributed by atoms with Crippen LogP contribution in [0.4, 0.5) is 4.39 Å². The minimum atomic E-state index is -1.01. The van der Waals surface area contributed by atoms with Gasteiger partial charge in [-0.05, 0) is 44.6 Å². The number of hydrogen-bond acceptors (Lipinski definition) is 2. The smallest absolute Gasteiger partial charge is 0.308 e. The van der Waals surface area contributed by atoms with Gasteiger partial charge in [-0.25, -0.2) is 4.39 Å². The summed E-state index contributed by atoms with van der Waals surface area (Å²) in [7, 11) is 0. The van der Waals surface area contributed by atoms with Gasteiger partial charge in [-0.15, -0.1) is 0 Å². The van der Waals surface area contributed by atoms with Crippen LogP contribution in [0.15, 0.2) is 24.3 Å². The Hall–Kier alpha value is -1.91. The summed E-state index contributed by atoms with van der Waals surface area (Å²) in [5.74, 6) is -1.47. The van der Waals surface area contributed by atoms with E-state index in [4.69, 9.17) is 0 Å². The van der Waals surface area contributed by atoms with Gasteiger partial charge in [0.1, 0.15) is 5.82 Å². The van der Waals surface area contributed by atoms with Gasteiger partial charge < -0.3 is 10.0 Å². The SMILES string of the molecule is CC(C)(C(=O)N1C[C@H](C(=O)O)[C@@H](C2CC2)C1)c1ccccc1F. The van der Waals surface area contributed by atoms with Gasteiger partial charge in [0.05, 0.1) is 11.3 Å². The Bertz CT molecular complexity index is 639. The van der Waals surface area contributed by atoms with Crippen molar-refractivity contribution in [1.82, 2.24) is 4.90 Å². The zero-order valence-corrected chi connectivity index (χ0v) is 13.5. The maximum absolute atomic E-state index is 14.1. The molecule has 2 atom stereocenters. The molecule has 1 aliphatic carbocycles. The summed E-state index contributed by atoms with van der Waals surface area (Å²) in [5.41, 5.74) is -0.654. The Morgan fingerprint density at radius 1 is 1.22 bits per heavy atom. The third-order valence-electron chi connectivity index (χ3n) is 5.28. The maximum Gasteiger partial charge on any atom is 0.308 e. The zero-order chi connectivity index (χ0) is 16.8. The first-order valence-electron chi connectivity index (χ1n) is 8.09. The first kappa shape index (κ1) is 16.0. The molecule has 1 saturated carbocycles. The molecule has 4 nitrogen and oxygen atoms in total. The average Bonchev–Trinajstić information content (AvgIpc) is 3.25. The number of halogens is 1. The van der Waals surface area contributed by atoms with Gasteiger partial charge in [0, 0.05) is 18.7 Å². The van der Waals surface area contributed by atoms with Gasteiger partial charge in [-0.3, -0.25) is 9.59 Å². The second kappa shape index (κ2) is 5.62. The summed E-state index contributed by atoms with van der Waals surface area (Å²) in [4.78, 5) is 26.1. The number of nitrogens with zero attached hydrogens (tertiary/aromatic N) is 1. The molecule has 0 bridgehead atoms. The summed E-state index contributed by atoms with van der Waals surface area (Å²) in [5, 5.41) is 9.43. The number of carboxylic acid groups (broad SMARTS) is 1. The van der Waals surface area contributed by atoms with Gasteiger partial charge in [0.25, 0.3) is 0 Å². The molecule has 2 fully saturated rings. The molecule has 1 aliphatic heterocycles. The number of rotatable bonds is 4. The summed E-state index contributed by atoms with van der Waals surface area (Å²) in [6, 6.07) is 6.28. The molecule has 0 aromatic heterocycles. The van der Waals surface area contributed by atoms with Crippen LogP contribution in [0.1, 0.15) is 32.3 Å². The van der Waals surface area contributed by atoms with Crippen LogP contribution in [-0.2, 0) is 15.0 Å². The van der Waals surface area contributed by atoms with Crippen LogP contribution in [0.5, 0.6) is 0 Å². The molecule has 1 heterocycles. The molecule has 2 aliphatic rings. The molecular formula is C18H22FNO3. The Kier molecular flexibility index (Phi) is 3.90. The second-order valence-electron chi connectivity index (χ2n) is 7.26. The van der Waals surface area contributed by atoms with Crippen molar-refractivity contribution in [1.29, 1.82) is 0 Å². The summed E-state index contributed by atoms with van der Waals surface area (Å²) < 4.78 is 14.1. The highest BCUT2D eigenvalue weighted by Crippen LogP contribution is 2.45. The highest BCUT2D eigenvalue weighted by molar-refractivity contribution is 5.88. The lowest BCUT2D eigenvalue weighted by molar-refractivity contribution is -0.143. The average molecular weight is 319 g/mol. The molecular weight excluding hydrogens is 297 g/mol. The molecule has 23 heavy (non-hydrogen) atoms. The fourth-order valence-corrected chi connectivity index (χ4v) is 3.74. The van der Waals surface area contributed by atoms with Crippen molar-refractivity contribution in [2.75, 3.05) is 13.1 Å². The maximum atomic E-state index is 14.1. The lowest BCUT2D eigenvalue weighted by Crippen LogP contribution is -2.43. The molecule has 0 radical (unpaired) electrons. The van der Waals surface area contributed by atoms with Crippen LogP contribution in [0, 0.1) is 23.6 Å². The molecule has 0 unspecified atom stereocenters. The van der Waals surface area contributed by atoms with Crippen LogP contribution >= 0.6 is 0 Å². The number of hydrogen-bond donors (Lipinski definition) is 1. The van der Waals surface area contributed by atoms with E-state index in [1.54, 1.807) is 36.9 Å².